The zero-order chi connectivity index (χ0) is 7.68. The summed E-state index contributed by atoms with van der Waals surface area (Å²) in [5, 5.41) is 3.57. The van der Waals surface area contributed by atoms with Gasteiger partial charge in [0.2, 0.25) is 0 Å². The van der Waals surface area contributed by atoms with Gasteiger partial charge in [-0.15, -0.1) is 0 Å². The average Bonchev–Trinajstić information content (AvgIpc) is 2.73. The van der Waals surface area contributed by atoms with Gasteiger partial charge in [-0.05, 0) is 38.6 Å². The average molecular weight is 155 g/mol. The SMILES string of the molecule is C[C@H]1OCC[C@H]1NCC1CC1. The maximum absolute atomic E-state index is 5.46. The minimum Gasteiger partial charge on any atom is -0.377 e. The minimum atomic E-state index is 0.439. The molecule has 0 spiro atoms. The second-order valence-electron chi connectivity index (χ2n) is 3.82. The highest BCUT2D eigenvalue weighted by atomic mass is 16.5. The summed E-state index contributed by atoms with van der Waals surface area (Å²) in [7, 11) is 0. The van der Waals surface area contributed by atoms with E-state index in [2.05, 4.69) is 12.2 Å². The Morgan fingerprint density at radius 3 is 2.73 bits per heavy atom. The van der Waals surface area contributed by atoms with Crippen LogP contribution < -0.4 is 5.32 Å². The predicted octanol–water partition coefficient (Wildman–Crippen LogP) is 1.16. The van der Waals surface area contributed by atoms with Crippen LogP contribution in [0.15, 0.2) is 0 Å². The van der Waals surface area contributed by atoms with Crippen molar-refractivity contribution >= 4 is 0 Å². The summed E-state index contributed by atoms with van der Waals surface area (Å²) < 4.78 is 5.46. The Labute approximate surface area is 68.3 Å². The van der Waals surface area contributed by atoms with Crippen LogP contribution in [0.4, 0.5) is 0 Å². The molecular weight excluding hydrogens is 138 g/mol. The number of nitrogens with one attached hydrogen (secondary N) is 1. The van der Waals surface area contributed by atoms with E-state index in [0.29, 0.717) is 12.1 Å². The van der Waals surface area contributed by atoms with E-state index in [4.69, 9.17) is 4.74 Å². The standard InChI is InChI=1S/C9H17NO/c1-7-9(4-5-11-7)10-6-8-2-3-8/h7-10H,2-6H2,1H3/t7-,9-/m1/s1. The fourth-order valence-corrected chi connectivity index (χ4v) is 1.64. The molecule has 0 aromatic heterocycles. The first-order chi connectivity index (χ1) is 5.36. The zero-order valence-corrected chi connectivity index (χ0v) is 7.18. The van der Waals surface area contributed by atoms with E-state index < -0.39 is 0 Å². The highest BCUT2D eigenvalue weighted by molar-refractivity contribution is 4.83. The van der Waals surface area contributed by atoms with Gasteiger partial charge in [0.15, 0.2) is 0 Å². The Kier molecular flexibility index (Phi) is 2.14. The van der Waals surface area contributed by atoms with Crippen LogP contribution in [0, 0.1) is 5.92 Å². The zero-order valence-electron chi connectivity index (χ0n) is 7.18. The van der Waals surface area contributed by atoms with E-state index >= 15 is 0 Å². The quantitative estimate of drug-likeness (QED) is 0.660. The van der Waals surface area contributed by atoms with Gasteiger partial charge in [-0.25, -0.2) is 0 Å². The summed E-state index contributed by atoms with van der Waals surface area (Å²) in [4.78, 5) is 0. The Morgan fingerprint density at radius 2 is 2.18 bits per heavy atom. The lowest BCUT2D eigenvalue weighted by molar-refractivity contribution is 0.113. The molecule has 0 radical (unpaired) electrons. The van der Waals surface area contributed by atoms with Crippen LogP contribution in [0.2, 0.25) is 0 Å². The molecule has 2 rings (SSSR count). The van der Waals surface area contributed by atoms with Crippen molar-refractivity contribution in [2.24, 2.45) is 5.92 Å². The molecule has 1 aliphatic carbocycles. The van der Waals surface area contributed by atoms with E-state index in [1.165, 1.54) is 25.8 Å². The van der Waals surface area contributed by atoms with E-state index in [0.717, 1.165) is 12.5 Å². The van der Waals surface area contributed by atoms with Gasteiger partial charge < -0.3 is 10.1 Å². The van der Waals surface area contributed by atoms with Crippen molar-refractivity contribution in [2.45, 2.75) is 38.3 Å². The summed E-state index contributed by atoms with van der Waals surface area (Å²) in [5.41, 5.74) is 0. The molecule has 2 atom stereocenters. The summed E-state index contributed by atoms with van der Waals surface area (Å²) in [5.74, 6) is 0.989. The third kappa shape index (κ3) is 1.94. The van der Waals surface area contributed by atoms with Crippen LogP contribution in [0.3, 0.4) is 0 Å². The van der Waals surface area contributed by atoms with Gasteiger partial charge in [0.25, 0.3) is 0 Å². The van der Waals surface area contributed by atoms with E-state index in [1.807, 2.05) is 0 Å². The van der Waals surface area contributed by atoms with Gasteiger partial charge in [-0.2, -0.15) is 0 Å². The third-order valence-electron chi connectivity index (χ3n) is 2.74. The smallest absolute Gasteiger partial charge is 0.0700 e. The molecule has 0 unspecified atom stereocenters. The number of hydrogen-bond acceptors (Lipinski definition) is 2. The molecule has 0 aromatic rings. The van der Waals surface area contributed by atoms with E-state index in [-0.39, 0.29) is 0 Å². The number of hydrogen-bond donors (Lipinski definition) is 1. The second-order valence-corrected chi connectivity index (χ2v) is 3.82. The van der Waals surface area contributed by atoms with Crippen molar-refractivity contribution in [1.29, 1.82) is 0 Å². The van der Waals surface area contributed by atoms with Crippen molar-refractivity contribution in [2.75, 3.05) is 13.2 Å². The maximum atomic E-state index is 5.46. The van der Waals surface area contributed by atoms with Crippen molar-refractivity contribution in [3.63, 3.8) is 0 Å². The predicted molar refractivity (Wildman–Crippen MR) is 44.5 cm³/mol. The molecule has 1 heterocycles. The molecule has 2 nitrogen and oxygen atoms in total. The van der Waals surface area contributed by atoms with Crippen molar-refractivity contribution in [3.05, 3.63) is 0 Å². The molecule has 64 valence electrons. The molecule has 2 fully saturated rings. The molecule has 1 aliphatic heterocycles. The largest absolute Gasteiger partial charge is 0.377 e. The summed E-state index contributed by atoms with van der Waals surface area (Å²) in [6, 6.07) is 0.635. The van der Waals surface area contributed by atoms with Gasteiger partial charge in [0.1, 0.15) is 0 Å². The Balaban J connectivity index is 1.67. The Morgan fingerprint density at radius 1 is 1.36 bits per heavy atom. The number of ether oxygens (including phenoxy) is 1. The molecule has 0 bridgehead atoms. The normalized spacial score (nSPS) is 37.9. The van der Waals surface area contributed by atoms with Crippen LogP contribution in [0.5, 0.6) is 0 Å². The minimum absolute atomic E-state index is 0.439. The Hall–Kier alpha value is -0.0800. The van der Waals surface area contributed by atoms with Crippen molar-refractivity contribution in [1.82, 2.24) is 5.32 Å². The lowest BCUT2D eigenvalue weighted by Crippen LogP contribution is -2.35. The summed E-state index contributed by atoms with van der Waals surface area (Å²) >= 11 is 0. The van der Waals surface area contributed by atoms with Crippen LogP contribution >= 0.6 is 0 Å². The lowest BCUT2D eigenvalue weighted by Gasteiger charge is -2.15. The molecule has 0 amide bonds. The molecule has 2 aliphatic rings. The van der Waals surface area contributed by atoms with E-state index in [9.17, 15) is 0 Å². The first kappa shape index (κ1) is 7.56. The molecule has 2 heteroatoms. The molecule has 0 aromatic carbocycles. The van der Waals surface area contributed by atoms with Crippen LogP contribution in [-0.4, -0.2) is 25.3 Å². The first-order valence-electron chi connectivity index (χ1n) is 4.71. The highest BCUT2D eigenvalue weighted by Gasteiger charge is 2.27. The molecular formula is C9H17NO. The summed E-state index contributed by atoms with van der Waals surface area (Å²) in [6.07, 6.45) is 4.52. The van der Waals surface area contributed by atoms with Gasteiger partial charge in [-0.1, -0.05) is 0 Å². The van der Waals surface area contributed by atoms with Gasteiger partial charge >= 0.3 is 0 Å². The van der Waals surface area contributed by atoms with E-state index in [1.54, 1.807) is 0 Å². The molecule has 1 saturated heterocycles. The third-order valence-corrected chi connectivity index (χ3v) is 2.74. The van der Waals surface area contributed by atoms with Crippen LogP contribution in [0.1, 0.15) is 26.2 Å². The van der Waals surface area contributed by atoms with Crippen LogP contribution in [0.25, 0.3) is 0 Å². The van der Waals surface area contributed by atoms with Crippen LogP contribution in [-0.2, 0) is 4.74 Å². The van der Waals surface area contributed by atoms with Gasteiger partial charge in [-0.3, -0.25) is 0 Å². The Bertz CT molecular complexity index is 134. The first-order valence-corrected chi connectivity index (χ1v) is 4.71. The number of rotatable bonds is 3. The van der Waals surface area contributed by atoms with Crippen molar-refractivity contribution in [3.8, 4) is 0 Å². The molecule has 1 saturated carbocycles. The highest BCUT2D eigenvalue weighted by Crippen LogP contribution is 2.28. The summed E-state index contributed by atoms with van der Waals surface area (Å²) in [6.45, 7) is 4.33. The molecule has 1 N–H and O–H groups in total. The van der Waals surface area contributed by atoms with Gasteiger partial charge in [0.05, 0.1) is 6.10 Å². The second kappa shape index (κ2) is 3.11. The van der Waals surface area contributed by atoms with Gasteiger partial charge in [0, 0.05) is 12.6 Å². The fourth-order valence-electron chi connectivity index (χ4n) is 1.64. The van der Waals surface area contributed by atoms with Crippen molar-refractivity contribution < 1.29 is 4.74 Å². The monoisotopic (exact) mass is 155 g/mol. The topological polar surface area (TPSA) is 21.3 Å². The maximum Gasteiger partial charge on any atom is 0.0700 e. The lowest BCUT2D eigenvalue weighted by atomic mass is 10.1. The molecule has 11 heavy (non-hydrogen) atoms. The fraction of sp³-hybridized carbons (Fsp3) is 1.00.